The predicted octanol–water partition coefficient (Wildman–Crippen LogP) is 5.16. The van der Waals surface area contributed by atoms with Crippen molar-refractivity contribution in [3.05, 3.63) is 113 Å². The zero-order valence-corrected chi connectivity index (χ0v) is 20.4. The van der Waals surface area contributed by atoms with Crippen molar-refractivity contribution in [1.29, 1.82) is 0 Å². The fraction of sp³-hybridized carbons (Fsp3) is 0.0690. The van der Waals surface area contributed by atoms with Crippen LogP contribution < -0.4 is 16.6 Å². The zero-order valence-electron chi connectivity index (χ0n) is 19.6. The fourth-order valence-electron chi connectivity index (χ4n) is 4.22. The SMILES string of the molecule is CNC(=O)c1cccc(-c2c[nH]c(=O)c3cc(-c4ccccc4)c(-c4ccc(CN)cc4)nc23)c1.Cl. The molecule has 1 amide bonds. The number of nitrogens with one attached hydrogen (secondary N) is 2. The third kappa shape index (κ3) is 4.64. The molecule has 0 spiro atoms. The highest BCUT2D eigenvalue weighted by Crippen LogP contribution is 2.35. The van der Waals surface area contributed by atoms with Gasteiger partial charge in [0.2, 0.25) is 0 Å². The van der Waals surface area contributed by atoms with Crippen LogP contribution in [0, 0.1) is 0 Å². The van der Waals surface area contributed by atoms with Crippen molar-refractivity contribution in [3.8, 4) is 33.5 Å². The van der Waals surface area contributed by atoms with Crippen molar-refractivity contribution in [2.75, 3.05) is 7.05 Å². The van der Waals surface area contributed by atoms with Gasteiger partial charge in [-0.15, -0.1) is 12.4 Å². The number of carbonyl (C=O) groups excluding carboxylic acids is 1. The summed E-state index contributed by atoms with van der Waals surface area (Å²) in [6.07, 6.45) is 1.66. The van der Waals surface area contributed by atoms with Crippen molar-refractivity contribution in [1.82, 2.24) is 15.3 Å². The number of nitrogens with two attached hydrogens (primary N) is 1. The quantitative estimate of drug-likeness (QED) is 0.312. The Kier molecular flexibility index (Phi) is 7.29. The Bertz CT molecular complexity index is 1600. The van der Waals surface area contributed by atoms with Gasteiger partial charge >= 0.3 is 0 Å². The maximum absolute atomic E-state index is 12.9. The number of rotatable bonds is 5. The van der Waals surface area contributed by atoms with E-state index < -0.39 is 0 Å². The van der Waals surface area contributed by atoms with Crippen LogP contribution in [0.2, 0.25) is 0 Å². The van der Waals surface area contributed by atoms with E-state index in [0.717, 1.165) is 39.1 Å². The van der Waals surface area contributed by atoms with Crippen LogP contribution in [0.25, 0.3) is 44.4 Å². The van der Waals surface area contributed by atoms with E-state index in [1.165, 1.54) is 0 Å². The predicted molar refractivity (Wildman–Crippen MR) is 147 cm³/mol. The van der Waals surface area contributed by atoms with Gasteiger partial charge in [0.25, 0.3) is 11.5 Å². The summed E-state index contributed by atoms with van der Waals surface area (Å²) in [6, 6.07) is 27.0. The van der Waals surface area contributed by atoms with E-state index in [0.29, 0.717) is 23.0 Å². The van der Waals surface area contributed by atoms with E-state index in [1.807, 2.05) is 72.8 Å². The van der Waals surface area contributed by atoms with Crippen LogP contribution in [0.4, 0.5) is 0 Å². The van der Waals surface area contributed by atoms with E-state index >= 15 is 0 Å². The lowest BCUT2D eigenvalue weighted by molar-refractivity contribution is 0.0963. The van der Waals surface area contributed by atoms with Crippen LogP contribution in [-0.2, 0) is 6.54 Å². The average Bonchev–Trinajstić information content (AvgIpc) is 2.93. The lowest BCUT2D eigenvalue weighted by atomic mass is 9.95. The molecule has 0 bridgehead atoms. The number of benzene rings is 3. The van der Waals surface area contributed by atoms with Crippen molar-refractivity contribution < 1.29 is 4.79 Å². The molecule has 0 aliphatic rings. The first-order chi connectivity index (χ1) is 17.1. The van der Waals surface area contributed by atoms with Gasteiger partial charge in [-0.25, -0.2) is 4.98 Å². The molecule has 7 heteroatoms. The van der Waals surface area contributed by atoms with Crippen molar-refractivity contribution >= 4 is 29.2 Å². The second kappa shape index (κ2) is 10.6. The summed E-state index contributed by atoms with van der Waals surface area (Å²) >= 11 is 0. The van der Waals surface area contributed by atoms with E-state index in [9.17, 15) is 9.59 Å². The largest absolute Gasteiger partial charge is 0.355 e. The molecule has 6 nitrogen and oxygen atoms in total. The van der Waals surface area contributed by atoms with Crippen LogP contribution in [0.1, 0.15) is 15.9 Å². The Hall–Kier alpha value is -4.26. The standard InChI is InChI=1S/C29H24N4O2.ClH/c1-31-28(34)22-9-5-8-21(14-22)25-17-32-29(35)24-15-23(19-6-3-2-4-7-19)26(33-27(24)25)20-12-10-18(16-30)11-13-20;/h2-15,17H,16,30H2,1H3,(H,31,34)(H,32,35);1H. The summed E-state index contributed by atoms with van der Waals surface area (Å²) in [5.41, 5.74) is 12.7. The molecule has 0 unspecified atom stereocenters. The van der Waals surface area contributed by atoms with Crippen molar-refractivity contribution in [2.24, 2.45) is 5.73 Å². The first-order valence-electron chi connectivity index (χ1n) is 11.3. The summed E-state index contributed by atoms with van der Waals surface area (Å²) in [7, 11) is 1.60. The molecule has 5 aromatic rings. The smallest absolute Gasteiger partial charge is 0.257 e. The molecule has 180 valence electrons. The molecule has 0 aliphatic carbocycles. The van der Waals surface area contributed by atoms with Crippen LogP contribution in [0.3, 0.4) is 0 Å². The van der Waals surface area contributed by atoms with Gasteiger partial charge in [-0.1, -0.05) is 66.7 Å². The van der Waals surface area contributed by atoms with Crippen LogP contribution in [-0.4, -0.2) is 22.9 Å². The number of hydrogen-bond donors (Lipinski definition) is 3. The number of halogens is 1. The summed E-state index contributed by atoms with van der Waals surface area (Å²) in [5.74, 6) is -0.180. The van der Waals surface area contributed by atoms with Crippen LogP contribution in [0.5, 0.6) is 0 Å². The minimum Gasteiger partial charge on any atom is -0.355 e. The number of carbonyl (C=O) groups is 1. The zero-order chi connectivity index (χ0) is 24.4. The van der Waals surface area contributed by atoms with Gasteiger partial charge in [-0.3, -0.25) is 9.59 Å². The summed E-state index contributed by atoms with van der Waals surface area (Å²) in [6.45, 7) is 0.457. The third-order valence-electron chi connectivity index (χ3n) is 6.08. The van der Waals surface area contributed by atoms with Crippen LogP contribution in [0.15, 0.2) is 95.9 Å². The number of aromatic nitrogens is 2. The van der Waals surface area contributed by atoms with Gasteiger partial charge in [0, 0.05) is 42.0 Å². The molecular formula is C29H25ClN4O2. The Balaban J connectivity index is 0.00000304. The second-order valence-electron chi connectivity index (χ2n) is 8.24. The average molecular weight is 497 g/mol. The number of aromatic amines is 1. The Labute approximate surface area is 214 Å². The maximum Gasteiger partial charge on any atom is 0.257 e. The van der Waals surface area contributed by atoms with Gasteiger partial charge < -0.3 is 16.0 Å². The number of amides is 1. The summed E-state index contributed by atoms with van der Waals surface area (Å²) < 4.78 is 0. The fourth-order valence-corrected chi connectivity index (χ4v) is 4.22. The molecule has 2 heterocycles. The molecule has 3 aromatic carbocycles. The minimum absolute atomic E-state index is 0. The monoisotopic (exact) mass is 496 g/mol. The van der Waals surface area contributed by atoms with E-state index in [2.05, 4.69) is 10.3 Å². The second-order valence-corrected chi connectivity index (χ2v) is 8.24. The van der Waals surface area contributed by atoms with Gasteiger partial charge in [0.05, 0.1) is 16.6 Å². The third-order valence-corrected chi connectivity index (χ3v) is 6.08. The highest BCUT2D eigenvalue weighted by Gasteiger charge is 2.17. The topological polar surface area (TPSA) is 101 Å². The molecule has 0 saturated carbocycles. The number of hydrogen-bond acceptors (Lipinski definition) is 4. The van der Waals surface area contributed by atoms with Crippen molar-refractivity contribution in [2.45, 2.75) is 6.54 Å². The molecule has 0 atom stereocenters. The Morgan fingerprint density at radius 1 is 0.889 bits per heavy atom. The molecule has 0 saturated heterocycles. The summed E-state index contributed by atoms with van der Waals surface area (Å²) in [5, 5.41) is 3.13. The number of nitrogens with zero attached hydrogens (tertiary/aromatic N) is 1. The lowest BCUT2D eigenvalue weighted by Crippen LogP contribution is -2.17. The van der Waals surface area contributed by atoms with Gasteiger partial charge in [-0.05, 0) is 34.9 Å². The van der Waals surface area contributed by atoms with Gasteiger partial charge in [0.15, 0.2) is 0 Å². The first kappa shape index (κ1) is 24.9. The normalized spacial score (nSPS) is 10.6. The van der Waals surface area contributed by atoms with E-state index in [1.54, 1.807) is 25.4 Å². The first-order valence-corrected chi connectivity index (χ1v) is 11.3. The molecule has 5 rings (SSSR count). The maximum atomic E-state index is 12.9. The molecule has 36 heavy (non-hydrogen) atoms. The molecule has 0 fully saturated rings. The Morgan fingerprint density at radius 2 is 1.61 bits per heavy atom. The van der Waals surface area contributed by atoms with Gasteiger partial charge in [-0.2, -0.15) is 0 Å². The Morgan fingerprint density at radius 3 is 2.31 bits per heavy atom. The molecule has 0 radical (unpaired) electrons. The minimum atomic E-state index is -0.221. The molecule has 0 aliphatic heterocycles. The van der Waals surface area contributed by atoms with E-state index in [-0.39, 0.29) is 23.9 Å². The molecule has 2 aromatic heterocycles. The number of pyridine rings is 2. The highest BCUT2D eigenvalue weighted by atomic mass is 35.5. The molecular weight excluding hydrogens is 472 g/mol. The lowest BCUT2D eigenvalue weighted by Gasteiger charge is -2.14. The highest BCUT2D eigenvalue weighted by molar-refractivity contribution is 6.00. The molecule has 4 N–H and O–H groups in total. The number of fused-ring (bicyclic) bond motifs is 1. The number of H-pyrrole nitrogens is 1. The van der Waals surface area contributed by atoms with Crippen molar-refractivity contribution in [3.63, 3.8) is 0 Å². The summed E-state index contributed by atoms with van der Waals surface area (Å²) in [4.78, 5) is 33.0. The van der Waals surface area contributed by atoms with Crippen LogP contribution >= 0.6 is 12.4 Å². The van der Waals surface area contributed by atoms with Gasteiger partial charge in [0.1, 0.15) is 0 Å². The van der Waals surface area contributed by atoms with E-state index in [4.69, 9.17) is 10.7 Å².